The number of hydrogen-bond donors (Lipinski definition) is 0. The summed E-state index contributed by atoms with van der Waals surface area (Å²) in [5.74, 6) is 0. The Morgan fingerprint density at radius 1 is 0.348 bits per heavy atom. The van der Waals surface area contributed by atoms with Crippen molar-refractivity contribution in [3.05, 3.63) is 157 Å². The number of aromatic nitrogens is 2. The summed E-state index contributed by atoms with van der Waals surface area (Å²) >= 11 is 0. The summed E-state index contributed by atoms with van der Waals surface area (Å²) in [5.41, 5.74) is 7.58. The van der Waals surface area contributed by atoms with Crippen LogP contribution < -0.4 is 0 Å². The van der Waals surface area contributed by atoms with Crippen LogP contribution in [0.15, 0.2) is 152 Å². The molecule has 0 saturated heterocycles. The Labute approximate surface area is 264 Å². The molecule has 3 nitrogen and oxygen atoms in total. The number of fused-ring (bicyclic) bond motifs is 13. The fourth-order valence-electron chi connectivity index (χ4n) is 7.93. The van der Waals surface area contributed by atoms with Crippen LogP contribution in [0.1, 0.15) is 5.56 Å². The Bertz CT molecular complexity index is 2920. The van der Waals surface area contributed by atoms with Crippen LogP contribution in [0.5, 0.6) is 0 Å². The second kappa shape index (κ2) is 9.32. The third-order valence-corrected chi connectivity index (χ3v) is 9.71. The molecule has 0 atom stereocenters. The van der Waals surface area contributed by atoms with Crippen LogP contribution in [-0.4, -0.2) is 9.13 Å². The molecule has 212 valence electrons. The van der Waals surface area contributed by atoms with Gasteiger partial charge in [-0.15, -0.1) is 0 Å². The Kier molecular flexibility index (Phi) is 5.06. The predicted molar refractivity (Wildman–Crippen MR) is 192 cm³/mol. The molecule has 0 fully saturated rings. The second-order valence-corrected chi connectivity index (χ2v) is 12.0. The minimum Gasteiger partial charge on any atom is -0.309 e. The molecule has 0 spiro atoms. The summed E-state index contributed by atoms with van der Waals surface area (Å²) in [6.07, 6.45) is 0. The number of rotatable bonds is 2. The smallest absolute Gasteiger partial charge is 0.0998 e. The first kappa shape index (κ1) is 25.0. The van der Waals surface area contributed by atoms with Crippen LogP contribution in [0.2, 0.25) is 0 Å². The highest BCUT2D eigenvalue weighted by atomic mass is 15.0. The van der Waals surface area contributed by atoms with E-state index in [9.17, 15) is 5.26 Å². The molecule has 0 saturated carbocycles. The molecule has 0 N–H and O–H groups in total. The average molecular weight is 584 g/mol. The Morgan fingerprint density at radius 2 is 0.826 bits per heavy atom. The molecule has 0 unspecified atom stereocenters. The fraction of sp³-hybridized carbons (Fsp3) is 0. The molecule has 0 aliphatic heterocycles. The average Bonchev–Trinajstić information content (AvgIpc) is 3.64. The van der Waals surface area contributed by atoms with Crippen LogP contribution in [0.3, 0.4) is 0 Å². The van der Waals surface area contributed by atoms with E-state index in [0.29, 0.717) is 5.56 Å². The van der Waals surface area contributed by atoms with Gasteiger partial charge in [0.25, 0.3) is 0 Å². The van der Waals surface area contributed by atoms with Crippen LogP contribution in [0.25, 0.3) is 87.3 Å². The molecule has 2 aromatic heterocycles. The summed E-state index contributed by atoms with van der Waals surface area (Å²) in [6.45, 7) is 0. The molecule has 0 aliphatic rings. The lowest BCUT2D eigenvalue weighted by Gasteiger charge is -2.17. The van der Waals surface area contributed by atoms with Gasteiger partial charge in [0.05, 0.1) is 39.4 Å². The number of nitriles is 1. The van der Waals surface area contributed by atoms with Crippen molar-refractivity contribution in [2.24, 2.45) is 0 Å². The van der Waals surface area contributed by atoms with Crippen molar-refractivity contribution < 1.29 is 0 Å². The molecular formula is C43H25N3. The van der Waals surface area contributed by atoms with Crippen molar-refractivity contribution in [2.45, 2.75) is 0 Å². The van der Waals surface area contributed by atoms with Gasteiger partial charge in [-0.3, -0.25) is 0 Å². The Morgan fingerprint density at radius 3 is 1.43 bits per heavy atom. The predicted octanol–water partition coefficient (Wildman–Crippen LogP) is 11.2. The molecule has 10 aromatic rings. The van der Waals surface area contributed by atoms with Crippen molar-refractivity contribution >= 4 is 75.9 Å². The van der Waals surface area contributed by atoms with E-state index in [1.807, 2.05) is 6.07 Å². The van der Waals surface area contributed by atoms with E-state index in [1.165, 1.54) is 38.0 Å². The van der Waals surface area contributed by atoms with E-state index in [4.69, 9.17) is 0 Å². The first-order valence-corrected chi connectivity index (χ1v) is 15.6. The molecule has 0 bridgehead atoms. The quantitative estimate of drug-likeness (QED) is 0.186. The molecule has 10 rings (SSSR count). The van der Waals surface area contributed by atoms with Crippen molar-refractivity contribution in [3.8, 4) is 17.4 Å². The maximum absolute atomic E-state index is 10.4. The Hall–Kier alpha value is -6.37. The van der Waals surface area contributed by atoms with Crippen molar-refractivity contribution in [2.75, 3.05) is 0 Å². The van der Waals surface area contributed by atoms with E-state index < -0.39 is 0 Å². The molecule has 0 amide bonds. The second-order valence-electron chi connectivity index (χ2n) is 12.0. The standard InChI is InChI=1S/C43H25N3/c44-26-27-22-23-38(41-32-17-7-5-15-30(32)29-14-4-6-16-31(29)40(27)41)46-36-21-11-9-19-34(36)43-39(46)25-24-37-42(43)33-18-8-10-20-35(33)45(37)28-12-2-1-3-13-28/h1-25H. The molecule has 0 radical (unpaired) electrons. The van der Waals surface area contributed by atoms with Gasteiger partial charge in [0, 0.05) is 38.0 Å². The van der Waals surface area contributed by atoms with E-state index in [1.54, 1.807) is 0 Å². The zero-order valence-corrected chi connectivity index (χ0v) is 24.8. The van der Waals surface area contributed by atoms with Gasteiger partial charge in [-0.2, -0.15) is 5.26 Å². The lowest BCUT2D eigenvalue weighted by molar-refractivity contribution is 1.18. The summed E-state index contributed by atoms with van der Waals surface area (Å²) in [7, 11) is 0. The lowest BCUT2D eigenvalue weighted by Crippen LogP contribution is -1.98. The first-order chi connectivity index (χ1) is 22.8. The number of nitrogens with zero attached hydrogens (tertiary/aromatic N) is 3. The third kappa shape index (κ3) is 3.20. The summed E-state index contributed by atoms with van der Waals surface area (Å²) in [5, 5.41) is 22.0. The van der Waals surface area contributed by atoms with Gasteiger partial charge in [-0.25, -0.2) is 0 Å². The van der Waals surface area contributed by atoms with Crippen LogP contribution in [0, 0.1) is 11.3 Å². The van der Waals surface area contributed by atoms with Gasteiger partial charge >= 0.3 is 0 Å². The van der Waals surface area contributed by atoms with Gasteiger partial charge in [-0.1, -0.05) is 103 Å². The highest BCUT2D eigenvalue weighted by molar-refractivity contribution is 6.31. The van der Waals surface area contributed by atoms with Crippen LogP contribution >= 0.6 is 0 Å². The van der Waals surface area contributed by atoms with Gasteiger partial charge in [-0.05, 0) is 70.1 Å². The number of hydrogen-bond acceptors (Lipinski definition) is 1. The molecule has 2 heterocycles. The van der Waals surface area contributed by atoms with Gasteiger partial charge in [0.1, 0.15) is 0 Å². The molecular weight excluding hydrogens is 558 g/mol. The van der Waals surface area contributed by atoms with E-state index in [-0.39, 0.29) is 0 Å². The van der Waals surface area contributed by atoms with Gasteiger partial charge in [0.15, 0.2) is 0 Å². The van der Waals surface area contributed by atoms with Crippen molar-refractivity contribution in [1.82, 2.24) is 9.13 Å². The zero-order chi connectivity index (χ0) is 30.4. The van der Waals surface area contributed by atoms with Crippen molar-refractivity contribution in [1.29, 1.82) is 5.26 Å². The maximum Gasteiger partial charge on any atom is 0.0998 e. The van der Waals surface area contributed by atoms with E-state index in [2.05, 4.69) is 161 Å². The zero-order valence-electron chi connectivity index (χ0n) is 24.8. The topological polar surface area (TPSA) is 33.6 Å². The largest absolute Gasteiger partial charge is 0.309 e. The van der Waals surface area contributed by atoms with E-state index in [0.717, 1.165) is 49.3 Å². The molecule has 0 aliphatic carbocycles. The minimum atomic E-state index is 0.690. The Balaban J connectivity index is 1.44. The monoisotopic (exact) mass is 583 g/mol. The lowest BCUT2D eigenvalue weighted by atomic mass is 9.91. The molecule has 3 heteroatoms. The van der Waals surface area contributed by atoms with Crippen molar-refractivity contribution in [3.63, 3.8) is 0 Å². The molecule has 8 aromatic carbocycles. The maximum atomic E-state index is 10.4. The van der Waals surface area contributed by atoms with Gasteiger partial charge in [0.2, 0.25) is 0 Å². The number of para-hydroxylation sites is 3. The highest BCUT2D eigenvalue weighted by Crippen LogP contribution is 2.45. The van der Waals surface area contributed by atoms with E-state index >= 15 is 0 Å². The fourth-order valence-corrected chi connectivity index (χ4v) is 7.93. The summed E-state index contributed by atoms with van der Waals surface area (Å²) < 4.78 is 4.80. The van der Waals surface area contributed by atoms with Crippen LogP contribution in [0.4, 0.5) is 0 Å². The van der Waals surface area contributed by atoms with Gasteiger partial charge < -0.3 is 9.13 Å². The minimum absolute atomic E-state index is 0.690. The number of benzene rings is 8. The molecule has 46 heavy (non-hydrogen) atoms. The normalized spacial score (nSPS) is 11.9. The van der Waals surface area contributed by atoms with Crippen LogP contribution in [-0.2, 0) is 0 Å². The first-order valence-electron chi connectivity index (χ1n) is 15.6. The highest BCUT2D eigenvalue weighted by Gasteiger charge is 2.23. The SMILES string of the molecule is N#Cc1ccc(-n2c3ccccc3c3c4c5ccccc5n(-c5ccccc5)c4ccc32)c2c3ccccc3c3ccccc3c12. The third-order valence-electron chi connectivity index (χ3n) is 9.71. The summed E-state index contributed by atoms with van der Waals surface area (Å²) in [4.78, 5) is 0. The summed E-state index contributed by atoms with van der Waals surface area (Å²) in [6, 6.07) is 56.4.